The Morgan fingerprint density at radius 2 is 1.67 bits per heavy atom. The zero-order valence-electron chi connectivity index (χ0n) is 14.9. The van der Waals surface area contributed by atoms with Gasteiger partial charge >= 0.3 is 0 Å². The molecule has 0 fully saturated rings. The lowest BCUT2D eigenvalue weighted by molar-refractivity contribution is 0.368. The van der Waals surface area contributed by atoms with E-state index in [0.29, 0.717) is 11.0 Å². The molecule has 2 heterocycles. The van der Waals surface area contributed by atoms with Gasteiger partial charge in [0, 0.05) is 28.8 Å². The Balaban J connectivity index is 1.78. The van der Waals surface area contributed by atoms with E-state index >= 15 is 0 Å². The maximum absolute atomic E-state index is 6.13. The summed E-state index contributed by atoms with van der Waals surface area (Å²) in [7, 11) is 2.11. The number of nitrogens with two attached hydrogens (primary N) is 1. The monoisotopic (exact) mass is 398 g/mol. The van der Waals surface area contributed by atoms with E-state index in [0.717, 1.165) is 34.9 Å². The van der Waals surface area contributed by atoms with E-state index in [1.165, 1.54) is 11.1 Å². The Morgan fingerprint density at radius 1 is 1.04 bits per heavy atom. The van der Waals surface area contributed by atoms with Crippen LogP contribution in [0.4, 0.5) is 0 Å². The average Bonchev–Trinajstić information content (AvgIpc) is 2.64. The molecular formula is C21H20Cl2N4. The van der Waals surface area contributed by atoms with Crippen LogP contribution in [0.1, 0.15) is 17.2 Å². The summed E-state index contributed by atoms with van der Waals surface area (Å²) in [5.74, 6) is 0.431. The normalized spacial score (nSPS) is 21.7. The number of aliphatic imine (C=N–C) groups is 1. The molecule has 1 atom stereocenters. The minimum Gasteiger partial charge on any atom is -0.370 e. The van der Waals surface area contributed by atoms with Crippen molar-refractivity contribution in [2.75, 3.05) is 20.1 Å². The third-order valence-corrected chi connectivity index (χ3v) is 5.27. The maximum Gasteiger partial charge on any atom is 0.194 e. The number of hydrogen-bond acceptors (Lipinski definition) is 4. The highest BCUT2D eigenvalue weighted by atomic mass is 35.5. The van der Waals surface area contributed by atoms with Crippen LogP contribution in [0, 0.1) is 0 Å². The summed E-state index contributed by atoms with van der Waals surface area (Å²) < 4.78 is 0. The molecule has 0 amide bonds. The van der Waals surface area contributed by atoms with E-state index in [-0.39, 0.29) is 6.04 Å². The van der Waals surface area contributed by atoms with Gasteiger partial charge in [0.2, 0.25) is 0 Å². The van der Waals surface area contributed by atoms with E-state index in [1.54, 1.807) is 0 Å². The van der Waals surface area contributed by atoms with Crippen molar-refractivity contribution in [1.29, 1.82) is 0 Å². The van der Waals surface area contributed by atoms with Crippen molar-refractivity contribution >= 4 is 35.2 Å². The van der Waals surface area contributed by atoms with Gasteiger partial charge in [-0.3, -0.25) is 4.90 Å². The predicted molar refractivity (Wildman–Crippen MR) is 113 cm³/mol. The molecule has 2 aliphatic rings. The second kappa shape index (κ2) is 7.39. The number of guanidine groups is 1. The van der Waals surface area contributed by atoms with Crippen LogP contribution >= 0.6 is 23.2 Å². The zero-order valence-corrected chi connectivity index (χ0v) is 16.4. The van der Waals surface area contributed by atoms with E-state index < -0.39 is 0 Å². The van der Waals surface area contributed by atoms with Crippen molar-refractivity contribution in [2.45, 2.75) is 6.04 Å². The van der Waals surface area contributed by atoms with Gasteiger partial charge in [0.15, 0.2) is 5.96 Å². The summed E-state index contributed by atoms with van der Waals surface area (Å²) in [6.07, 6.45) is 2.17. The Bertz CT molecular complexity index is 943. The third kappa shape index (κ3) is 3.88. The molecule has 0 bridgehead atoms. The summed E-state index contributed by atoms with van der Waals surface area (Å²) in [6, 6.07) is 15.5. The highest BCUT2D eigenvalue weighted by Crippen LogP contribution is 2.36. The topological polar surface area (TPSA) is 53.6 Å². The Kier molecular flexibility index (Phi) is 4.96. The van der Waals surface area contributed by atoms with Crippen molar-refractivity contribution in [1.82, 2.24) is 10.2 Å². The van der Waals surface area contributed by atoms with E-state index in [4.69, 9.17) is 28.9 Å². The highest BCUT2D eigenvalue weighted by Gasteiger charge is 2.31. The minimum atomic E-state index is -0.116. The van der Waals surface area contributed by atoms with Gasteiger partial charge in [0.05, 0.1) is 0 Å². The first kappa shape index (κ1) is 18.1. The van der Waals surface area contributed by atoms with Crippen molar-refractivity contribution in [3.05, 3.63) is 86.5 Å². The fourth-order valence-corrected chi connectivity index (χ4v) is 3.81. The summed E-state index contributed by atoms with van der Waals surface area (Å²) in [4.78, 5) is 6.95. The van der Waals surface area contributed by atoms with Crippen LogP contribution in [-0.2, 0) is 0 Å². The first-order chi connectivity index (χ1) is 13.0. The molecule has 1 unspecified atom stereocenters. The number of nitrogens with one attached hydrogen (secondary N) is 1. The lowest BCUT2D eigenvalue weighted by atomic mass is 9.89. The lowest BCUT2D eigenvalue weighted by Crippen LogP contribution is -2.43. The van der Waals surface area contributed by atoms with Gasteiger partial charge in [-0.2, -0.15) is 0 Å². The van der Waals surface area contributed by atoms with Crippen molar-refractivity contribution in [3.63, 3.8) is 0 Å². The quantitative estimate of drug-likeness (QED) is 0.795. The molecule has 2 aromatic rings. The number of nitrogens with zero attached hydrogens (tertiary/aromatic N) is 2. The number of benzene rings is 2. The molecule has 3 N–H and O–H groups in total. The molecule has 0 aromatic heterocycles. The van der Waals surface area contributed by atoms with Gasteiger partial charge in [-0.1, -0.05) is 47.5 Å². The van der Waals surface area contributed by atoms with Gasteiger partial charge in [0.25, 0.3) is 0 Å². The van der Waals surface area contributed by atoms with Crippen LogP contribution in [0.25, 0.3) is 6.08 Å². The second-order valence-corrected chi connectivity index (χ2v) is 7.76. The molecule has 0 saturated heterocycles. The molecule has 0 saturated carbocycles. The SMILES string of the molecule is CN1CC2=C(NC(N)=NC2c2ccc(Cl)cc2)/C(=C/c2ccc(Cl)cc2)C1. The van der Waals surface area contributed by atoms with Gasteiger partial charge in [-0.25, -0.2) is 4.99 Å². The van der Waals surface area contributed by atoms with Gasteiger partial charge in [-0.05, 0) is 59.7 Å². The predicted octanol–water partition coefficient (Wildman–Crippen LogP) is 4.24. The molecule has 2 aliphatic heterocycles. The van der Waals surface area contributed by atoms with Gasteiger partial charge in [0.1, 0.15) is 6.04 Å². The van der Waals surface area contributed by atoms with E-state index in [9.17, 15) is 0 Å². The molecule has 6 heteroatoms. The van der Waals surface area contributed by atoms with Crippen LogP contribution in [-0.4, -0.2) is 31.0 Å². The lowest BCUT2D eigenvalue weighted by Gasteiger charge is -2.36. The van der Waals surface area contributed by atoms with Gasteiger partial charge in [-0.15, -0.1) is 0 Å². The number of likely N-dealkylation sites (N-methyl/N-ethyl adjacent to an activating group) is 1. The highest BCUT2D eigenvalue weighted by molar-refractivity contribution is 6.30. The first-order valence-corrected chi connectivity index (χ1v) is 9.49. The summed E-state index contributed by atoms with van der Waals surface area (Å²) >= 11 is 12.1. The van der Waals surface area contributed by atoms with Crippen LogP contribution < -0.4 is 11.1 Å². The number of hydrogen-bond donors (Lipinski definition) is 2. The molecule has 138 valence electrons. The van der Waals surface area contributed by atoms with E-state index in [2.05, 4.69) is 28.3 Å². The van der Waals surface area contributed by atoms with Crippen LogP contribution in [0.3, 0.4) is 0 Å². The molecule has 0 aliphatic carbocycles. The molecule has 0 spiro atoms. The third-order valence-electron chi connectivity index (χ3n) is 4.77. The largest absolute Gasteiger partial charge is 0.370 e. The zero-order chi connectivity index (χ0) is 19.0. The summed E-state index contributed by atoms with van der Waals surface area (Å²) in [6.45, 7) is 1.65. The Hall–Kier alpha value is -2.27. The van der Waals surface area contributed by atoms with E-state index in [1.807, 2.05) is 48.5 Å². The molecular weight excluding hydrogens is 379 g/mol. The smallest absolute Gasteiger partial charge is 0.194 e. The van der Waals surface area contributed by atoms with Crippen molar-refractivity contribution in [3.8, 4) is 0 Å². The number of rotatable bonds is 2. The Morgan fingerprint density at radius 3 is 2.33 bits per heavy atom. The van der Waals surface area contributed by atoms with Crippen molar-refractivity contribution < 1.29 is 0 Å². The summed E-state index contributed by atoms with van der Waals surface area (Å²) in [5, 5.41) is 4.73. The van der Waals surface area contributed by atoms with Gasteiger partial charge < -0.3 is 11.1 Å². The Labute approximate surface area is 169 Å². The minimum absolute atomic E-state index is 0.116. The molecule has 0 radical (unpaired) electrons. The van der Waals surface area contributed by atoms with Crippen LogP contribution in [0.2, 0.25) is 10.0 Å². The first-order valence-electron chi connectivity index (χ1n) is 8.73. The fraction of sp³-hybridized carbons (Fsp3) is 0.190. The second-order valence-electron chi connectivity index (χ2n) is 6.89. The molecule has 2 aromatic carbocycles. The van der Waals surface area contributed by atoms with Crippen molar-refractivity contribution in [2.24, 2.45) is 10.7 Å². The fourth-order valence-electron chi connectivity index (χ4n) is 3.56. The standard InChI is InChI=1S/C21H20Cl2N4/c1-27-11-15(10-13-2-6-16(22)7-3-13)20-18(12-27)19(25-21(24)26-20)14-4-8-17(23)9-5-14/h2-10,19H,11-12H2,1H3,(H3,24,25,26)/b15-10+. The molecule has 27 heavy (non-hydrogen) atoms. The summed E-state index contributed by atoms with van der Waals surface area (Å²) in [5.41, 5.74) is 11.8. The molecule has 4 nitrogen and oxygen atoms in total. The number of halogens is 2. The maximum atomic E-state index is 6.13. The molecule has 4 rings (SSSR count). The van der Waals surface area contributed by atoms with Crippen LogP contribution in [0.5, 0.6) is 0 Å². The van der Waals surface area contributed by atoms with Crippen LogP contribution in [0.15, 0.2) is 70.4 Å². The average molecular weight is 399 g/mol.